The van der Waals surface area contributed by atoms with Crippen LogP contribution in [-0.2, 0) is 24.0 Å². The van der Waals surface area contributed by atoms with E-state index in [0.29, 0.717) is 12.1 Å². The molecule has 0 spiro atoms. The third-order valence-electron chi connectivity index (χ3n) is 2.03. The Labute approximate surface area is 101 Å². The molecule has 1 N–H and O–H groups in total. The summed E-state index contributed by atoms with van der Waals surface area (Å²) in [6.45, 7) is 5.08. The van der Waals surface area contributed by atoms with Gasteiger partial charge in [-0.2, -0.15) is 8.42 Å². The van der Waals surface area contributed by atoms with Crippen LogP contribution in [-0.4, -0.2) is 27.1 Å². The second-order valence-corrected chi connectivity index (χ2v) is 5.48. The summed E-state index contributed by atoms with van der Waals surface area (Å²) < 4.78 is 34.7. The molecule has 0 aromatic rings. The number of carbonyl (C=O) groups excluding carboxylic acids is 1. The average molecular weight is 263 g/mol. The van der Waals surface area contributed by atoms with Gasteiger partial charge in [0.15, 0.2) is 0 Å². The van der Waals surface area contributed by atoms with Crippen molar-refractivity contribution in [3.8, 4) is 0 Å². The van der Waals surface area contributed by atoms with E-state index in [1.807, 2.05) is 13.8 Å². The van der Waals surface area contributed by atoms with Crippen molar-refractivity contribution in [3.63, 3.8) is 0 Å². The van der Waals surface area contributed by atoms with Gasteiger partial charge in [-0.1, -0.05) is 19.9 Å². The van der Waals surface area contributed by atoms with Gasteiger partial charge in [-0.25, -0.2) is 0 Å². The van der Waals surface area contributed by atoms with Crippen LogP contribution in [0.3, 0.4) is 0 Å². The number of ether oxygens (including phenoxy) is 1. The van der Waals surface area contributed by atoms with Gasteiger partial charge in [-0.05, 0) is 5.92 Å². The number of carbonyl (C=O) groups is 1. The lowest BCUT2D eigenvalue weighted by atomic mass is 10.1. The molecular formula is C10H17NO5S. The first-order valence-corrected chi connectivity index (χ1v) is 6.77. The minimum Gasteiger partial charge on any atom is -0.456 e. The minimum absolute atomic E-state index is 0.0112. The Morgan fingerprint density at radius 2 is 2.24 bits per heavy atom. The number of rotatable bonds is 2. The van der Waals surface area contributed by atoms with Crippen molar-refractivity contribution in [2.45, 2.75) is 33.3 Å². The van der Waals surface area contributed by atoms with Crippen molar-refractivity contribution in [1.82, 2.24) is 4.72 Å². The Morgan fingerprint density at radius 3 is 2.76 bits per heavy atom. The summed E-state index contributed by atoms with van der Waals surface area (Å²) in [7, 11) is -3.79. The van der Waals surface area contributed by atoms with Crippen LogP contribution in [0.5, 0.6) is 0 Å². The van der Waals surface area contributed by atoms with Crippen LogP contribution in [0.15, 0.2) is 11.8 Å². The third-order valence-corrected chi connectivity index (χ3v) is 2.99. The second-order valence-electron chi connectivity index (χ2n) is 4.13. The zero-order chi connectivity index (χ0) is 13.1. The minimum atomic E-state index is -3.79. The molecule has 1 aliphatic rings. The first-order chi connectivity index (χ1) is 7.80. The summed E-state index contributed by atoms with van der Waals surface area (Å²) in [5.74, 6) is -0.324. The van der Waals surface area contributed by atoms with E-state index in [1.54, 1.807) is 6.08 Å². The van der Waals surface area contributed by atoms with E-state index in [0.717, 1.165) is 0 Å². The Bertz CT molecular complexity index is 412. The molecule has 0 unspecified atom stereocenters. The van der Waals surface area contributed by atoms with Crippen LogP contribution < -0.4 is 4.72 Å². The molecule has 1 heterocycles. The van der Waals surface area contributed by atoms with E-state index in [1.165, 1.54) is 6.92 Å². The van der Waals surface area contributed by atoms with Gasteiger partial charge in [-0.15, -0.1) is 0 Å². The molecule has 7 heteroatoms. The van der Waals surface area contributed by atoms with Gasteiger partial charge >= 0.3 is 16.3 Å². The summed E-state index contributed by atoms with van der Waals surface area (Å²) in [6, 6.07) is 0. The highest BCUT2D eigenvalue weighted by molar-refractivity contribution is 7.84. The summed E-state index contributed by atoms with van der Waals surface area (Å²) in [5.41, 5.74) is 0.354. The molecule has 0 radical (unpaired) electrons. The maximum atomic E-state index is 11.4. The summed E-state index contributed by atoms with van der Waals surface area (Å²) in [5, 5.41) is 0. The maximum absolute atomic E-state index is 11.4. The molecule has 0 saturated carbocycles. The molecule has 0 aliphatic carbocycles. The lowest BCUT2D eigenvalue weighted by Gasteiger charge is -2.17. The topological polar surface area (TPSA) is 81.7 Å². The fourth-order valence-electron chi connectivity index (χ4n) is 1.48. The highest BCUT2D eigenvalue weighted by Crippen LogP contribution is 2.17. The number of hydrogen-bond acceptors (Lipinski definition) is 5. The molecule has 1 atom stereocenters. The largest absolute Gasteiger partial charge is 0.456 e. The zero-order valence-electron chi connectivity index (χ0n) is 10.1. The Balaban J connectivity index is 2.97. The van der Waals surface area contributed by atoms with E-state index in [4.69, 9.17) is 4.74 Å². The fourth-order valence-corrected chi connectivity index (χ4v) is 2.35. The first-order valence-electron chi connectivity index (χ1n) is 5.36. The molecule has 98 valence electrons. The van der Waals surface area contributed by atoms with E-state index in [9.17, 15) is 13.2 Å². The monoisotopic (exact) mass is 263 g/mol. The van der Waals surface area contributed by atoms with Crippen LogP contribution in [0, 0.1) is 5.92 Å². The van der Waals surface area contributed by atoms with Crippen molar-refractivity contribution in [3.05, 3.63) is 11.8 Å². The summed E-state index contributed by atoms with van der Waals surface area (Å²) in [6.07, 6.45) is 1.41. The molecule has 1 fully saturated rings. The Hall–Kier alpha value is -1.08. The van der Waals surface area contributed by atoms with E-state index in [2.05, 4.69) is 8.91 Å². The van der Waals surface area contributed by atoms with Gasteiger partial charge in [0.2, 0.25) is 0 Å². The fraction of sp³-hybridized carbons (Fsp3) is 0.700. The van der Waals surface area contributed by atoms with E-state index >= 15 is 0 Å². The highest BCUT2D eigenvalue weighted by Gasteiger charge is 2.27. The van der Waals surface area contributed by atoms with E-state index < -0.39 is 22.4 Å². The second kappa shape index (κ2) is 5.50. The smallest absolute Gasteiger partial charge is 0.359 e. The molecule has 1 saturated heterocycles. The first kappa shape index (κ1) is 14.0. The van der Waals surface area contributed by atoms with Gasteiger partial charge < -0.3 is 4.74 Å². The van der Waals surface area contributed by atoms with Crippen molar-refractivity contribution < 1.29 is 22.1 Å². The SMILES string of the molecule is CC(=O)O[C@@H]1CCOS(=O)(=O)N/C1=C/C(C)C. The Kier molecular flexibility index (Phi) is 4.53. The third kappa shape index (κ3) is 4.74. The number of hydrogen-bond donors (Lipinski definition) is 1. The van der Waals surface area contributed by atoms with Gasteiger partial charge in [0, 0.05) is 13.3 Å². The van der Waals surface area contributed by atoms with Crippen LogP contribution in [0.2, 0.25) is 0 Å². The molecule has 0 bridgehead atoms. The normalized spacial score (nSPS) is 26.4. The average Bonchev–Trinajstić information content (AvgIpc) is 2.24. The molecule has 1 rings (SSSR count). The summed E-state index contributed by atoms with van der Waals surface area (Å²) in [4.78, 5) is 10.9. The van der Waals surface area contributed by atoms with Crippen LogP contribution in [0.1, 0.15) is 27.2 Å². The number of nitrogens with one attached hydrogen (secondary N) is 1. The standard InChI is InChI=1S/C10H17NO5S/c1-7(2)6-9-10(16-8(3)12)4-5-15-17(13,14)11-9/h6-7,10-11H,4-5H2,1-3H3/b9-6+/t10-/m1/s1. The molecule has 6 nitrogen and oxygen atoms in total. The molecule has 0 aromatic carbocycles. The van der Waals surface area contributed by atoms with Crippen LogP contribution >= 0.6 is 0 Å². The molecule has 1 aliphatic heterocycles. The highest BCUT2D eigenvalue weighted by atomic mass is 32.2. The van der Waals surface area contributed by atoms with Crippen molar-refractivity contribution in [2.75, 3.05) is 6.61 Å². The quantitative estimate of drug-likeness (QED) is 0.742. The summed E-state index contributed by atoms with van der Waals surface area (Å²) >= 11 is 0. The molecule has 17 heavy (non-hydrogen) atoms. The van der Waals surface area contributed by atoms with Crippen molar-refractivity contribution in [1.29, 1.82) is 0 Å². The van der Waals surface area contributed by atoms with Gasteiger partial charge in [-0.3, -0.25) is 13.7 Å². The van der Waals surface area contributed by atoms with Gasteiger partial charge in [0.05, 0.1) is 12.3 Å². The lowest BCUT2D eigenvalue weighted by Crippen LogP contribution is -2.30. The predicted molar refractivity (Wildman–Crippen MR) is 61.1 cm³/mol. The van der Waals surface area contributed by atoms with E-state index in [-0.39, 0.29) is 12.5 Å². The lowest BCUT2D eigenvalue weighted by molar-refractivity contribution is -0.145. The van der Waals surface area contributed by atoms with Gasteiger partial charge in [0.25, 0.3) is 0 Å². The van der Waals surface area contributed by atoms with Crippen LogP contribution in [0.25, 0.3) is 0 Å². The molecule has 0 amide bonds. The molecule has 0 aromatic heterocycles. The predicted octanol–water partition coefficient (Wildman–Crippen LogP) is 0.713. The van der Waals surface area contributed by atoms with Crippen molar-refractivity contribution in [2.24, 2.45) is 5.92 Å². The molecular weight excluding hydrogens is 246 g/mol. The number of esters is 1. The van der Waals surface area contributed by atoms with Crippen molar-refractivity contribution >= 4 is 16.3 Å². The van der Waals surface area contributed by atoms with Crippen LogP contribution in [0.4, 0.5) is 0 Å². The van der Waals surface area contributed by atoms with Gasteiger partial charge in [0.1, 0.15) is 6.10 Å². The Morgan fingerprint density at radius 1 is 1.59 bits per heavy atom. The maximum Gasteiger partial charge on any atom is 0.359 e. The number of allylic oxidation sites excluding steroid dienone is 1. The zero-order valence-corrected chi connectivity index (χ0v) is 10.9.